The largest absolute Gasteiger partial charge is 0.471 e. The summed E-state index contributed by atoms with van der Waals surface area (Å²) in [5, 5.41) is 4.26. The predicted octanol–water partition coefficient (Wildman–Crippen LogP) is 0.350. The van der Waals surface area contributed by atoms with Gasteiger partial charge in [0, 0.05) is 19.7 Å². The number of amides is 2. The van der Waals surface area contributed by atoms with Crippen LogP contribution in [-0.4, -0.2) is 43.8 Å². The summed E-state index contributed by atoms with van der Waals surface area (Å²) < 4.78 is 40.5. The van der Waals surface area contributed by atoms with Crippen LogP contribution in [0, 0.1) is 0 Å². The van der Waals surface area contributed by atoms with Crippen LogP contribution in [0.4, 0.5) is 13.2 Å². The zero-order valence-corrected chi connectivity index (χ0v) is 9.68. The molecule has 1 heterocycles. The van der Waals surface area contributed by atoms with Crippen molar-refractivity contribution < 1.29 is 27.5 Å². The van der Waals surface area contributed by atoms with Gasteiger partial charge in [-0.2, -0.15) is 13.2 Å². The molecule has 1 aliphatic rings. The van der Waals surface area contributed by atoms with E-state index in [-0.39, 0.29) is 25.4 Å². The Morgan fingerprint density at radius 1 is 1.22 bits per heavy atom. The van der Waals surface area contributed by atoms with E-state index in [2.05, 4.69) is 5.32 Å². The van der Waals surface area contributed by atoms with Gasteiger partial charge in [-0.25, -0.2) is 0 Å². The van der Waals surface area contributed by atoms with Gasteiger partial charge in [-0.3, -0.25) is 9.59 Å². The van der Waals surface area contributed by atoms with Crippen LogP contribution in [0.25, 0.3) is 0 Å². The second-order valence-electron chi connectivity index (χ2n) is 3.90. The number of hydrogen-bond acceptors (Lipinski definition) is 3. The van der Waals surface area contributed by atoms with Crippen LogP contribution in [0.2, 0.25) is 0 Å². The summed E-state index contributed by atoms with van der Waals surface area (Å²) in [5.74, 6) is -2.22. The van der Waals surface area contributed by atoms with Crippen LogP contribution in [-0.2, 0) is 14.3 Å². The quantitative estimate of drug-likeness (QED) is 0.707. The van der Waals surface area contributed by atoms with Gasteiger partial charge in [-0.15, -0.1) is 0 Å². The van der Waals surface area contributed by atoms with E-state index in [1.807, 2.05) is 0 Å². The van der Waals surface area contributed by atoms with Crippen molar-refractivity contribution in [1.82, 2.24) is 10.6 Å². The minimum Gasteiger partial charge on any atom is -0.368 e. The van der Waals surface area contributed by atoms with E-state index >= 15 is 0 Å². The van der Waals surface area contributed by atoms with Gasteiger partial charge in [0.05, 0.1) is 0 Å². The standard InChI is InChI=1S/C10H15F3N2O3/c11-10(12,13)9(17)15-5-2-4-14-8(16)7-3-1-6-18-7/h7H,1-6H2,(H,14,16)(H,15,17). The molecule has 18 heavy (non-hydrogen) atoms. The second-order valence-corrected chi connectivity index (χ2v) is 3.90. The molecule has 8 heteroatoms. The molecule has 1 rings (SSSR count). The van der Waals surface area contributed by atoms with E-state index in [1.165, 1.54) is 0 Å². The lowest BCUT2D eigenvalue weighted by Crippen LogP contribution is -2.39. The summed E-state index contributed by atoms with van der Waals surface area (Å²) >= 11 is 0. The molecule has 1 fully saturated rings. The predicted molar refractivity (Wildman–Crippen MR) is 55.7 cm³/mol. The van der Waals surface area contributed by atoms with E-state index in [9.17, 15) is 22.8 Å². The smallest absolute Gasteiger partial charge is 0.368 e. The van der Waals surface area contributed by atoms with Crippen molar-refractivity contribution in [2.45, 2.75) is 31.5 Å². The number of carbonyl (C=O) groups excluding carboxylic acids is 2. The molecule has 1 unspecified atom stereocenters. The fourth-order valence-corrected chi connectivity index (χ4v) is 1.50. The molecule has 2 N–H and O–H groups in total. The summed E-state index contributed by atoms with van der Waals surface area (Å²) in [5.41, 5.74) is 0. The topological polar surface area (TPSA) is 67.4 Å². The van der Waals surface area contributed by atoms with Gasteiger partial charge in [0.1, 0.15) is 6.10 Å². The average molecular weight is 268 g/mol. The number of ether oxygens (including phenoxy) is 1. The van der Waals surface area contributed by atoms with E-state index in [1.54, 1.807) is 5.32 Å². The molecular weight excluding hydrogens is 253 g/mol. The molecule has 0 saturated carbocycles. The molecule has 1 saturated heterocycles. The number of rotatable bonds is 5. The number of alkyl halides is 3. The number of nitrogens with one attached hydrogen (secondary N) is 2. The average Bonchev–Trinajstić information content (AvgIpc) is 2.80. The normalized spacial score (nSPS) is 19.6. The van der Waals surface area contributed by atoms with Crippen LogP contribution >= 0.6 is 0 Å². The van der Waals surface area contributed by atoms with E-state index < -0.39 is 18.2 Å². The first-order valence-corrected chi connectivity index (χ1v) is 5.65. The summed E-state index contributed by atoms with van der Waals surface area (Å²) in [6, 6.07) is 0. The van der Waals surface area contributed by atoms with Crippen molar-refractivity contribution in [3.63, 3.8) is 0 Å². The summed E-state index contributed by atoms with van der Waals surface area (Å²) in [4.78, 5) is 21.8. The van der Waals surface area contributed by atoms with Crippen molar-refractivity contribution in [1.29, 1.82) is 0 Å². The fraction of sp³-hybridized carbons (Fsp3) is 0.800. The van der Waals surface area contributed by atoms with Crippen molar-refractivity contribution in [3.8, 4) is 0 Å². The van der Waals surface area contributed by atoms with Crippen LogP contribution in [0.3, 0.4) is 0 Å². The first-order valence-electron chi connectivity index (χ1n) is 5.65. The van der Waals surface area contributed by atoms with E-state index in [0.29, 0.717) is 13.0 Å². The molecule has 1 atom stereocenters. The Hall–Kier alpha value is -1.31. The monoisotopic (exact) mass is 268 g/mol. The highest BCUT2D eigenvalue weighted by atomic mass is 19.4. The zero-order valence-electron chi connectivity index (χ0n) is 9.68. The molecule has 0 aromatic rings. The maximum absolute atomic E-state index is 11.8. The Bertz CT molecular complexity index is 301. The number of halogens is 3. The number of hydrogen-bond donors (Lipinski definition) is 2. The maximum atomic E-state index is 11.8. The molecule has 104 valence electrons. The van der Waals surface area contributed by atoms with E-state index in [0.717, 1.165) is 6.42 Å². The summed E-state index contributed by atoms with van der Waals surface area (Å²) in [6.45, 7) is 0.626. The van der Waals surface area contributed by atoms with Gasteiger partial charge >= 0.3 is 12.1 Å². The first kappa shape index (κ1) is 14.7. The third kappa shape index (κ3) is 4.91. The Balaban J connectivity index is 2.05. The van der Waals surface area contributed by atoms with Crippen LogP contribution in [0.15, 0.2) is 0 Å². The van der Waals surface area contributed by atoms with E-state index in [4.69, 9.17) is 4.74 Å². The lowest BCUT2D eigenvalue weighted by molar-refractivity contribution is -0.173. The third-order valence-corrected chi connectivity index (χ3v) is 2.42. The molecule has 5 nitrogen and oxygen atoms in total. The lowest BCUT2D eigenvalue weighted by Gasteiger charge is -2.11. The SMILES string of the molecule is O=C(NCCCNC(=O)C(F)(F)F)C1CCCO1. The van der Waals surface area contributed by atoms with Crippen molar-refractivity contribution >= 4 is 11.8 Å². The Morgan fingerprint density at radius 2 is 1.89 bits per heavy atom. The molecule has 0 bridgehead atoms. The molecular formula is C10H15F3N2O3. The van der Waals surface area contributed by atoms with Crippen molar-refractivity contribution in [3.05, 3.63) is 0 Å². The molecule has 0 aromatic heterocycles. The first-order chi connectivity index (χ1) is 8.41. The minimum absolute atomic E-state index is 0.135. The third-order valence-electron chi connectivity index (χ3n) is 2.42. The van der Waals surface area contributed by atoms with Gasteiger partial charge in [0.2, 0.25) is 5.91 Å². The van der Waals surface area contributed by atoms with Crippen LogP contribution in [0.5, 0.6) is 0 Å². The van der Waals surface area contributed by atoms with Crippen LogP contribution in [0.1, 0.15) is 19.3 Å². The zero-order chi connectivity index (χ0) is 13.6. The Kier molecular flexibility index (Phi) is 5.39. The highest BCUT2D eigenvalue weighted by Crippen LogP contribution is 2.14. The molecule has 0 radical (unpaired) electrons. The fourth-order valence-electron chi connectivity index (χ4n) is 1.50. The molecule has 1 aliphatic heterocycles. The molecule has 2 amide bonds. The van der Waals surface area contributed by atoms with Crippen LogP contribution < -0.4 is 10.6 Å². The molecule has 0 spiro atoms. The Labute approximate surface area is 102 Å². The van der Waals surface area contributed by atoms with Crippen molar-refractivity contribution in [2.24, 2.45) is 0 Å². The maximum Gasteiger partial charge on any atom is 0.471 e. The highest BCUT2D eigenvalue weighted by molar-refractivity contribution is 5.81. The molecule has 0 aromatic carbocycles. The Morgan fingerprint density at radius 3 is 2.44 bits per heavy atom. The van der Waals surface area contributed by atoms with Gasteiger partial charge < -0.3 is 15.4 Å². The summed E-state index contributed by atoms with van der Waals surface area (Å²) in [6.07, 6.45) is -3.58. The second kappa shape index (κ2) is 6.58. The molecule has 0 aliphatic carbocycles. The van der Waals surface area contributed by atoms with Gasteiger partial charge in [0.25, 0.3) is 0 Å². The van der Waals surface area contributed by atoms with Gasteiger partial charge in [-0.1, -0.05) is 0 Å². The highest BCUT2D eigenvalue weighted by Gasteiger charge is 2.38. The number of carbonyl (C=O) groups is 2. The van der Waals surface area contributed by atoms with Crippen molar-refractivity contribution in [2.75, 3.05) is 19.7 Å². The lowest BCUT2D eigenvalue weighted by atomic mass is 10.2. The summed E-state index contributed by atoms with van der Waals surface area (Å²) in [7, 11) is 0. The van der Waals surface area contributed by atoms with Gasteiger partial charge in [-0.05, 0) is 19.3 Å². The van der Waals surface area contributed by atoms with Gasteiger partial charge in [0.15, 0.2) is 0 Å². The minimum atomic E-state index is -4.86.